The van der Waals surface area contributed by atoms with Gasteiger partial charge in [0.2, 0.25) is 0 Å². The smallest absolute Gasteiger partial charge is 0.137 e. The lowest BCUT2D eigenvalue weighted by Gasteiger charge is -2.23. The number of halogens is 1. The first-order chi connectivity index (χ1) is 9.24. The molecule has 2 heterocycles. The van der Waals surface area contributed by atoms with Crippen LogP contribution in [0, 0.1) is 12.8 Å². The molecule has 0 amide bonds. The van der Waals surface area contributed by atoms with Crippen molar-refractivity contribution < 1.29 is 4.74 Å². The molecule has 1 aromatic rings. The topological polar surface area (TPSA) is 47.0 Å². The molecule has 1 saturated heterocycles. The van der Waals surface area contributed by atoms with Gasteiger partial charge in [0, 0.05) is 24.6 Å². The van der Waals surface area contributed by atoms with Gasteiger partial charge in [0.1, 0.15) is 16.8 Å². The van der Waals surface area contributed by atoms with Gasteiger partial charge in [-0.25, -0.2) is 9.97 Å². The van der Waals surface area contributed by atoms with E-state index in [1.807, 2.05) is 6.92 Å². The lowest BCUT2D eigenvalue weighted by molar-refractivity contribution is 0.0594. The highest BCUT2D eigenvalue weighted by atomic mass is 35.5. The molecule has 1 aromatic heterocycles. The minimum atomic E-state index is 0.525. The Morgan fingerprint density at radius 1 is 1.32 bits per heavy atom. The fourth-order valence-corrected chi connectivity index (χ4v) is 2.59. The summed E-state index contributed by atoms with van der Waals surface area (Å²) in [6, 6.07) is 0. The first-order valence-corrected chi connectivity index (χ1v) is 7.47. The normalized spacial score (nSPS) is 23.4. The summed E-state index contributed by atoms with van der Waals surface area (Å²) in [6.07, 6.45) is 4.76. The number of anilines is 1. The Balaban J connectivity index is 1.68. The van der Waals surface area contributed by atoms with Crippen LogP contribution < -0.4 is 5.32 Å². The van der Waals surface area contributed by atoms with Gasteiger partial charge < -0.3 is 10.1 Å². The molecule has 2 aliphatic rings. The fourth-order valence-electron chi connectivity index (χ4n) is 2.41. The number of hydrogen-bond donors (Lipinski definition) is 1. The molecule has 0 aromatic carbocycles. The lowest BCUT2D eigenvalue weighted by Crippen LogP contribution is -2.25. The Kier molecular flexibility index (Phi) is 3.89. The maximum Gasteiger partial charge on any atom is 0.137 e. The summed E-state index contributed by atoms with van der Waals surface area (Å²) in [7, 11) is 0. The predicted octanol–water partition coefficient (Wildman–Crippen LogP) is 3.15. The summed E-state index contributed by atoms with van der Waals surface area (Å²) in [5, 5.41) is 4.01. The minimum Gasteiger partial charge on any atom is -0.381 e. The van der Waals surface area contributed by atoms with E-state index in [1.165, 1.54) is 19.3 Å². The molecule has 1 saturated carbocycles. The van der Waals surface area contributed by atoms with Gasteiger partial charge in [-0.3, -0.25) is 0 Å². The quantitative estimate of drug-likeness (QED) is 0.861. The van der Waals surface area contributed by atoms with E-state index in [9.17, 15) is 0 Å². The number of ether oxygens (including phenoxy) is 1. The van der Waals surface area contributed by atoms with Gasteiger partial charge in [-0.05, 0) is 38.5 Å². The van der Waals surface area contributed by atoms with E-state index < -0.39 is 0 Å². The van der Waals surface area contributed by atoms with Gasteiger partial charge in [0.15, 0.2) is 0 Å². The number of hydrogen-bond acceptors (Lipinski definition) is 4. The Morgan fingerprint density at radius 2 is 2.16 bits per heavy atom. The van der Waals surface area contributed by atoms with E-state index in [-0.39, 0.29) is 0 Å². The Hall–Kier alpha value is -0.870. The van der Waals surface area contributed by atoms with E-state index in [1.54, 1.807) is 0 Å². The van der Waals surface area contributed by atoms with Crippen LogP contribution in [0.4, 0.5) is 5.82 Å². The van der Waals surface area contributed by atoms with Crippen molar-refractivity contribution in [2.75, 3.05) is 25.1 Å². The van der Waals surface area contributed by atoms with Crippen molar-refractivity contribution in [1.29, 1.82) is 0 Å². The second-order valence-corrected chi connectivity index (χ2v) is 5.94. The summed E-state index contributed by atoms with van der Waals surface area (Å²) in [5.41, 5.74) is 0.947. The molecular weight excluding hydrogens is 262 g/mol. The maximum atomic E-state index is 6.20. The second kappa shape index (κ2) is 5.63. The van der Waals surface area contributed by atoms with Crippen LogP contribution in [-0.2, 0) is 4.74 Å². The Morgan fingerprint density at radius 3 is 2.84 bits per heavy atom. The van der Waals surface area contributed by atoms with E-state index in [2.05, 4.69) is 15.3 Å². The van der Waals surface area contributed by atoms with Gasteiger partial charge in [0.05, 0.1) is 6.61 Å². The van der Waals surface area contributed by atoms with Crippen LogP contribution in [0.25, 0.3) is 0 Å². The number of aromatic nitrogens is 2. The van der Waals surface area contributed by atoms with Crippen molar-refractivity contribution in [3.05, 3.63) is 16.5 Å². The van der Waals surface area contributed by atoms with Gasteiger partial charge >= 0.3 is 0 Å². The summed E-state index contributed by atoms with van der Waals surface area (Å²) >= 11 is 6.20. The molecule has 0 radical (unpaired) electrons. The van der Waals surface area contributed by atoms with Crippen LogP contribution >= 0.6 is 11.6 Å². The average Bonchev–Trinajstić information content (AvgIpc) is 3.26. The van der Waals surface area contributed by atoms with Gasteiger partial charge in [-0.15, -0.1) is 0 Å². The number of nitrogens with zero attached hydrogens (tertiary/aromatic N) is 2. The van der Waals surface area contributed by atoms with Gasteiger partial charge in [0.25, 0.3) is 0 Å². The zero-order valence-electron chi connectivity index (χ0n) is 11.3. The maximum absolute atomic E-state index is 6.20. The predicted molar refractivity (Wildman–Crippen MR) is 75.8 cm³/mol. The van der Waals surface area contributed by atoms with Crippen LogP contribution in [0.15, 0.2) is 0 Å². The molecule has 4 nitrogen and oxygen atoms in total. The molecular formula is C14H20ClN3O. The fraction of sp³-hybridized carbons (Fsp3) is 0.714. The second-order valence-electron chi connectivity index (χ2n) is 5.58. The van der Waals surface area contributed by atoms with Crippen molar-refractivity contribution in [3.63, 3.8) is 0 Å². The van der Waals surface area contributed by atoms with Crippen LogP contribution in [-0.4, -0.2) is 29.7 Å². The van der Waals surface area contributed by atoms with Crippen molar-refractivity contribution >= 4 is 17.4 Å². The molecule has 0 spiro atoms. The van der Waals surface area contributed by atoms with Crippen LogP contribution in [0.3, 0.4) is 0 Å². The Bertz CT molecular complexity index is 456. The van der Waals surface area contributed by atoms with E-state index >= 15 is 0 Å². The van der Waals surface area contributed by atoms with Crippen molar-refractivity contribution in [3.8, 4) is 0 Å². The molecule has 2 fully saturated rings. The lowest BCUT2D eigenvalue weighted by atomic mass is 10.0. The first kappa shape index (κ1) is 13.1. The van der Waals surface area contributed by atoms with Gasteiger partial charge in [-0.2, -0.15) is 0 Å². The third-order valence-corrected chi connectivity index (χ3v) is 4.23. The summed E-state index contributed by atoms with van der Waals surface area (Å²) < 4.78 is 5.50. The monoisotopic (exact) mass is 281 g/mol. The highest BCUT2D eigenvalue weighted by Gasteiger charge is 2.28. The number of rotatable bonds is 4. The largest absolute Gasteiger partial charge is 0.381 e. The first-order valence-electron chi connectivity index (χ1n) is 7.09. The molecule has 3 rings (SSSR count). The molecule has 1 aliphatic heterocycles. The molecule has 1 atom stereocenters. The molecule has 1 unspecified atom stereocenters. The van der Waals surface area contributed by atoms with Crippen molar-refractivity contribution in [1.82, 2.24) is 9.97 Å². The van der Waals surface area contributed by atoms with Crippen LogP contribution in [0.2, 0.25) is 5.15 Å². The van der Waals surface area contributed by atoms with Crippen molar-refractivity contribution in [2.45, 2.75) is 38.5 Å². The van der Waals surface area contributed by atoms with E-state index in [0.29, 0.717) is 17.0 Å². The van der Waals surface area contributed by atoms with Crippen molar-refractivity contribution in [2.24, 2.45) is 5.92 Å². The SMILES string of the molecule is Cc1c(Cl)nc(C2CC2)nc1NCC1CCCOC1. The summed E-state index contributed by atoms with van der Waals surface area (Å²) in [5.74, 6) is 2.90. The summed E-state index contributed by atoms with van der Waals surface area (Å²) in [4.78, 5) is 9.01. The van der Waals surface area contributed by atoms with E-state index in [4.69, 9.17) is 16.3 Å². The Labute approximate surface area is 118 Å². The highest BCUT2D eigenvalue weighted by molar-refractivity contribution is 6.30. The molecule has 19 heavy (non-hydrogen) atoms. The number of nitrogens with one attached hydrogen (secondary N) is 1. The van der Waals surface area contributed by atoms with Crippen LogP contribution in [0.1, 0.15) is 43.0 Å². The highest BCUT2D eigenvalue weighted by Crippen LogP contribution is 2.39. The third kappa shape index (κ3) is 3.18. The molecule has 5 heteroatoms. The molecule has 0 bridgehead atoms. The average molecular weight is 282 g/mol. The minimum absolute atomic E-state index is 0.525. The molecule has 1 N–H and O–H groups in total. The van der Waals surface area contributed by atoms with E-state index in [0.717, 1.165) is 43.4 Å². The summed E-state index contributed by atoms with van der Waals surface area (Å²) in [6.45, 7) is 4.62. The standard InChI is InChI=1S/C14H20ClN3O/c1-9-12(15)17-14(11-4-5-11)18-13(9)16-7-10-3-2-6-19-8-10/h10-11H,2-8H2,1H3,(H,16,17,18). The zero-order valence-corrected chi connectivity index (χ0v) is 12.0. The van der Waals surface area contributed by atoms with Gasteiger partial charge in [-0.1, -0.05) is 11.6 Å². The third-order valence-electron chi connectivity index (χ3n) is 3.86. The zero-order chi connectivity index (χ0) is 13.2. The van der Waals surface area contributed by atoms with Crippen LogP contribution in [0.5, 0.6) is 0 Å². The molecule has 1 aliphatic carbocycles. The molecule has 104 valence electrons.